The fourth-order valence-electron chi connectivity index (χ4n) is 1.13. The molecule has 1 heterocycles. The molecule has 0 aliphatic carbocycles. The molecule has 2 atom stereocenters. The van der Waals surface area contributed by atoms with E-state index in [9.17, 15) is 5.11 Å². The third-order valence-electron chi connectivity index (χ3n) is 1.86. The van der Waals surface area contributed by atoms with Gasteiger partial charge in [-0.25, -0.2) is 0 Å². The fraction of sp³-hybridized carbons (Fsp3) is 1.00. The van der Waals surface area contributed by atoms with Crippen molar-refractivity contribution < 1.29 is 14.6 Å². The summed E-state index contributed by atoms with van der Waals surface area (Å²) in [4.78, 5) is 0. The van der Waals surface area contributed by atoms with E-state index in [0.717, 1.165) is 6.42 Å². The first-order chi connectivity index (χ1) is 5.49. The van der Waals surface area contributed by atoms with Crippen molar-refractivity contribution in [2.24, 2.45) is 0 Å². The smallest absolute Gasteiger partial charge is 0.107 e. The van der Waals surface area contributed by atoms with Gasteiger partial charge in [0.1, 0.15) is 6.10 Å². The molecule has 0 saturated carbocycles. The van der Waals surface area contributed by atoms with Crippen LogP contribution < -0.4 is 0 Å². The molecule has 1 rings (SSSR count). The van der Waals surface area contributed by atoms with Crippen molar-refractivity contribution in [1.29, 1.82) is 0 Å². The van der Waals surface area contributed by atoms with Gasteiger partial charge < -0.3 is 14.6 Å². The Morgan fingerprint density at radius 3 is 2.58 bits per heavy atom. The van der Waals surface area contributed by atoms with Gasteiger partial charge in [0.2, 0.25) is 0 Å². The van der Waals surface area contributed by atoms with Gasteiger partial charge in [0.15, 0.2) is 0 Å². The van der Waals surface area contributed by atoms with E-state index in [1.807, 2.05) is 20.8 Å². The molecule has 1 aliphatic rings. The van der Waals surface area contributed by atoms with Gasteiger partial charge in [0.25, 0.3) is 0 Å². The van der Waals surface area contributed by atoms with E-state index in [-0.39, 0.29) is 17.8 Å². The van der Waals surface area contributed by atoms with Crippen LogP contribution in [0.25, 0.3) is 0 Å². The third kappa shape index (κ3) is 3.09. The second-order valence-electron chi connectivity index (χ2n) is 4.19. The Labute approximate surface area is 73.7 Å². The minimum absolute atomic E-state index is 0.121. The fourth-order valence-corrected chi connectivity index (χ4v) is 1.13. The summed E-state index contributed by atoms with van der Waals surface area (Å²) in [7, 11) is 0. The number of hydrogen-bond donors (Lipinski definition) is 1. The third-order valence-corrected chi connectivity index (χ3v) is 1.86. The van der Waals surface area contributed by atoms with Gasteiger partial charge in [-0.15, -0.1) is 0 Å². The maximum atomic E-state index is 9.38. The minimum atomic E-state index is -0.340. The zero-order chi connectivity index (χ0) is 9.19. The topological polar surface area (TPSA) is 38.7 Å². The zero-order valence-electron chi connectivity index (χ0n) is 8.04. The van der Waals surface area contributed by atoms with Crippen LogP contribution in [0.15, 0.2) is 0 Å². The van der Waals surface area contributed by atoms with Crippen molar-refractivity contribution >= 4 is 0 Å². The molecular weight excluding hydrogens is 156 g/mol. The molecule has 1 fully saturated rings. The summed E-state index contributed by atoms with van der Waals surface area (Å²) in [5, 5.41) is 9.38. The lowest BCUT2D eigenvalue weighted by Crippen LogP contribution is -2.31. The molecule has 0 amide bonds. The summed E-state index contributed by atoms with van der Waals surface area (Å²) in [6, 6.07) is 0. The second kappa shape index (κ2) is 3.73. The average Bonchev–Trinajstić information content (AvgIpc) is 2.29. The van der Waals surface area contributed by atoms with E-state index >= 15 is 0 Å². The SMILES string of the molecule is CC(C)(C)OC[C@H]1OCC[C@@H]1O. The van der Waals surface area contributed by atoms with Crippen LogP contribution in [-0.4, -0.2) is 36.1 Å². The molecule has 0 aromatic carbocycles. The van der Waals surface area contributed by atoms with Crippen LogP contribution in [-0.2, 0) is 9.47 Å². The Kier molecular flexibility index (Phi) is 3.09. The predicted octanol–water partition coefficient (Wildman–Crippen LogP) is 0.951. The normalized spacial score (nSPS) is 31.0. The number of hydrogen-bond acceptors (Lipinski definition) is 3. The van der Waals surface area contributed by atoms with Gasteiger partial charge in [-0.1, -0.05) is 0 Å². The van der Waals surface area contributed by atoms with Crippen LogP contribution in [0, 0.1) is 0 Å². The van der Waals surface area contributed by atoms with Crippen molar-refractivity contribution in [3.05, 3.63) is 0 Å². The zero-order valence-corrected chi connectivity index (χ0v) is 8.04. The molecule has 1 saturated heterocycles. The Morgan fingerprint density at radius 1 is 1.50 bits per heavy atom. The number of aliphatic hydroxyl groups is 1. The van der Waals surface area contributed by atoms with Crippen LogP contribution in [0.4, 0.5) is 0 Å². The summed E-state index contributed by atoms with van der Waals surface area (Å²) in [6.45, 7) is 7.13. The Bertz CT molecular complexity index is 139. The summed E-state index contributed by atoms with van der Waals surface area (Å²) in [5.41, 5.74) is -0.147. The van der Waals surface area contributed by atoms with Crippen LogP contribution in [0.3, 0.4) is 0 Å². The summed E-state index contributed by atoms with van der Waals surface area (Å²) in [6.07, 6.45) is 0.273. The monoisotopic (exact) mass is 174 g/mol. The molecule has 1 N–H and O–H groups in total. The molecule has 0 spiro atoms. The first-order valence-corrected chi connectivity index (χ1v) is 4.43. The maximum Gasteiger partial charge on any atom is 0.107 e. The van der Waals surface area contributed by atoms with Crippen molar-refractivity contribution in [3.63, 3.8) is 0 Å². The van der Waals surface area contributed by atoms with Crippen LogP contribution in [0.5, 0.6) is 0 Å². The molecule has 72 valence electrons. The lowest BCUT2D eigenvalue weighted by atomic mass is 10.1. The molecule has 0 aromatic heterocycles. The van der Waals surface area contributed by atoms with E-state index < -0.39 is 0 Å². The van der Waals surface area contributed by atoms with Crippen LogP contribution in [0.2, 0.25) is 0 Å². The summed E-state index contributed by atoms with van der Waals surface area (Å²) < 4.78 is 10.8. The van der Waals surface area contributed by atoms with Gasteiger partial charge >= 0.3 is 0 Å². The van der Waals surface area contributed by atoms with E-state index in [1.165, 1.54) is 0 Å². The molecule has 1 aliphatic heterocycles. The Morgan fingerprint density at radius 2 is 2.17 bits per heavy atom. The van der Waals surface area contributed by atoms with Gasteiger partial charge in [-0.2, -0.15) is 0 Å². The quantitative estimate of drug-likeness (QED) is 0.677. The summed E-state index contributed by atoms with van der Waals surface area (Å²) >= 11 is 0. The highest BCUT2D eigenvalue weighted by atomic mass is 16.6. The minimum Gasteiger partial charge on any atom is -0.390 e. The Balaban J connectivity index is 2.23. The first-order valence-electron chi connectivity index (χ1n) is 4.43. The Hall–Kier alpha value is -0.120. The predicted molar refractivity (Wildman–Crippen MR) is 46.1 cm³/mol. The van der Waals surface area contributed by atoms with Gasteiger partial charge in [-0.05, 0) is 27.2 Å². The average molecular weight is 174 g/mol. The molecule has 3 heteroatoms. The van der Waals surface area contributed by atoms with E-state index in [2.05, 4.69) is 0 Å². The van der Waals surface area contributed by atoms with E-state index in [1.54, 1.807) is 0 Å². The van der Waals surface area contributed by atoms with Crippen molar-refractivity contribution in [2.75, 3.05) is 13.2 Å². The largest absolute Gasteiger partial charge is 0.390 e. The molecule has 12 heavy (non-hydrogen) atoms. The highest BCUT2D eigenvalue weighted by molar-refractivity contribution is 4.75. The highest BCUT2D eigenvalue weighted by Crippen LogP contribution is 2.16. The number of ether oxygens (including phenoxy) is 2. The van der Waals surface area contributed by atoms with Crippen molar-refractivity contribution in [2.45, 2.75) is 45.0 Å². The number of aliphatic hydroxyl groups excluding tert-OH is 1. The van der Waals surface area contributed by atoms with Gasteiger partial charge in [0, 0.05) is 6.61 Å². The molecule has 0 radical (unpaired) electrons. The van der Waals surface area contributed by atoms with E-state index in [0.29, 0.717) is 13.2 Å². The van der Waals surface area contributed by atoms with E-state index in [4.69, 9.17) is 9.47 Å². The highest BCUT2D eigenvalue weighted by Gasteiger charge is 2.27. The lowest BCUT2D eigenvalue weighted by molar-refractivity contribution is -0.0768. The van der Waals surface area contributed by atoms with Gasteiger partial charge in [0.05, 0.1) is 18.3 Å². The van der Waals surface area contributed by atoms with Gasteiger partial charge in [-0.3, -0.25) is 0 Å². The summed E-state index contributed by atoms with van der Waals surface area (Å²) in [5.74, 6) is 0. The molecule has 3 nitrogen and oxygen atoms in total. The molecular formula is C9H18O3. The standard InChI is InChI=1S/C9H18O3/c1-9(2,3)12-6-8-7(10)4-5-11-8/h7-8,10H,4-6H2,1-3H3/t7-,8+/m0/s1. The molecule has 0 aromatic rings. The molecule has 0 unspecified atom stereocenters. The second-order valence-corrected chi connectivity index (χ2v) is 4.19. The van der Waals surface area contributed by atoms with Crippen LogP contribution in [0.1, 0.15) is 27.2 Å². The number of rotatable bonds is 2. The van der Waals surface area contributed by atoms with Crippen LogP contribution >= 0.6 is 0 Å². The lowest BCUT2D eigenvalue weighted by Gasteiger charge is -2.23. The molecule has 0 bridgehead atoms. The maximum absolute atomic E-state index is 9.38. The van der Waals surface area contributed by atoms with Crippen molar-refractivity contribution in [1.82, 2.24) is 0 Å². The first kappa shape index (κ1) is 9.96. The van der Waals surface area contributed by atoms with Crippen molar-refractivity contribution in [3.8, 4) is 0 Å².